The van der Waals surface area contributed by atoms with Crippen LogP contribution < -0.4 is 0 Å². The van der Waals surface area contributed by atoms with Gasteiger partial charge in [0.2, 0.25) is 13.6 Å². The lowest BCUT2D eigenvalue weighted by molar-refractivity contribution is -0.165. The van der Waals surface area contributed by atoms with Crippen molar-refractivity contribution >= 4 is 72.2 Å². The molecule has 0 spiro atoms. The summed E-state index contributed by atoms with van der Waals surface area (Å²) in [7, 11) is 1.62. The molecular formula is C81H109ClF2N2O11S2. The summed E-state index contributed by atoms with van der Waals surface area (Å²) in [6, 6.07) is 9.34. The number of thiol groups is 1. The number of allylic oxidation sites excluding steroid dienone is 20. The third kappa shape index (κ3) is 37.5. The van der Waals surface area contributed by atoms with Crippen molar-refractivity contribution in [3.63, 3.8) is 0 Å². The molecule has 0 N–H and O–H groups in total. The molecule has 18 heteroatoms. The molecule has 13 nitrogen and oxygen atoms in total. The van der Waals surface area contributed by atoms with Crippen LogP contribution in [0.5, 0.6) is 0 Å². The van der Waals surface area contributed by atoms with E-state index >= 15 is 0 Å². The molecule has 0 radical (unpaired) electrons. The molecule has 2 aromatic carbocycles. The minimum absolute atomic E-state index is 0. The van der Waals surface area contributed by atoms with Crippen LogP contribution in [0.4, 0.5) is 8.78 Å². The van der Waals surface area contributed by atoms with E-state index in [0.717, 1.165) is 120 Å². The van der Waals surface area contributed by atoms with Gasteiger partial charge in [-0.25, -0.2) is 18.4 Å². The zero-order valence-electron chi connectivity index (χ0n) is 57.8. The largest absolute Gasteiger partial charge is 0.428 e. The summed E-state index contributed by atoms with van der Waals surface area (Å²) >= 11 is 6.18. The first-order valence-corrected chi connectivity index (χ1v) is 36.3. The van der Waals surface area contributed by atoms with Crippen molar-refractivity contribution in [2.75, 3.05) is 52.8 Å². The minimum Gasteiger partial charge on any atom is -0.428 e. The van der Waals surface area contributed by atoms with Crippen molar-refractivity contribution in [3.05, 3.63) is 215 Å². The predicted octanol–water partition coefficient (Wildman–Crippen LogP) is 19.1. The average Bonchev–Trinajstić information content (AvgIpc) is 1.80. The minimum atomic E-state index is -0.622. The summed E-state index contributed by atoms with van der Waals surface area (Å²) in [6.45, 7) is 6.04. The molecule has 2 saturated carbocycles. The molecule has 2 heterocycles. The second-order valence-corrected chi connectivity index (χ2v) is 26.0. The topological polar surface area (TPSA) is 155 Å². The first-order valence-electron chi connectivity index (χ1n) is 34.7. The Morgan fingerprint density at radius 1 is 0.505 bits per heavy atom. The van der Waals surface area contributed by atoms with E-state index in [1.54, 1.807) is 43.1 Å². The highest BCUT2D eigenvalue weighted by Crippen LogP contribution is 2.37. The van der Waals surface area contributed by atoms with Crippen LogP contribution in [0.3, 0.4) is 0 Å². The normalized spacial score (nSPS) is 17.9. The number of carbonyl (C=O) groups excluding carboxylic acids is 6. The number of Topliss-reactive ketones (excluding diaryl/α,β-unsaturated/α-hetero) is 2. The van der Waals surface area contributed by atoms with Crippen LogP contribution in [0, 0.1) is 23.5 Å². The number of piperidine rings is 2. The van der Waals surface area contributed by atoms with Gasteiger partial charge in [-0.1, -0.05) is 167 Å². The van der Waals surface area contributed by atoms with Gasteiger partial charge in [0.25, 0.3) is 0 Å². The molecule has 2 aromatic rings. The summed E-state index contributed by atoms with van der Waals surface area (Å²) in [4.78, 5) is 78.9. The summed E-state index contributed by atoms with van der Waals surface area (Å²) in [5, 5.41) is -0.129. The maximum absolute atomic E-state index is 14.9. The Balaban J connectivity index is 0.000000506. The first kappa shape index (κ1) is 86.5. The molecule has 542 valence electrons. The number of hydrogen-bond donors (Lipinski definition) is 1. The maximum atomic E-state index is 14.9. The van der Waals surface area contributed by atoms with Crippen molar-refractivity contribution in [1.29, 1.82) is 0 Å². The number of rotatable bonds is 43. The van der Waals surface area contributed by atoms with Crippen molar-refractivity contribution in [1.82, 2.24) is 9.80 Å². The standard InChI is InChI=1S/C41H54FNO6S.C39H50FNO5S.CH4.ClH/c1-3-4-5-6-7-8-9-10-11-12-13-14-15-16-17-18-19-23-39(44)48-31-49-40(45)28-34-29-43(27-26-38(34)50-32-47-2)30-36-35(21-20-22-37(36)42)41(46)33-24-25-33;1-2-3-4-5-6-7-8-9-10-11-12-13-14-15-16-17-18-22-37(42)45-30-46-38(43)27-32-28-41(26-25-36(32)47)29-34-33(20-19-21-35(34)40)39(44)31-23-24-31;;/h4-5,7-8,10-11,13-14,16-17,20-22,28,33,38H,3,6,9,12,15,18-19,23-27,29-32H2,1-2H3;3-4,6-7,9-10,12-13,15-16,19-21,27,31,36,47H,2,5,8,11,14,17-18,22-26,28-30H2,1H3;1H4;1H/b5-4-,8-7-,11-10-,14-13-,17-16-,34-28-;4-3-,7-6-,10-9-,13-12-,16-15-,32-27-;;. The maximum Gasteiger partial charge on any atom is 0.333 e. The van der Waals surface area contributed by atoms with Gasteiger partial charge >= 0.3 is 23.9 Å². The monoisotopic (exact) mass is 1420 g/mol. The number of thioether (sulfide) groups is 1. The number of nitrogens with zero attached hydrogens (tertiary/aromatic N) is 2. The van der Waals surface area contributed by atoms with Crippen LogP contribution >= 0.6 is 36.8 Å². The van der Waals surface area contributed by atoms with Crippen LogP contribution in [0.25, 0.3) is 0 Å². The summed E-state index contributed by atoms with van der Waals surface area (Å²) in [5.74, 6) is -2.38. The number of benzene rings is 2. The molecule has 2 atom stereocenters. The van der Waals surface area contributed by atoms with Gasteiger partial charge < -0.3 is 23.7 Å². The van der Waals surface area contributed by atoms with Gasteiger partial charge in [-0.2, -0.15) is 12.6 Å². The summed E-state index contributed by atoms with van der Waals surface area (Å²) in [5.41, 5.74) is 3.26. The summed E-state index contributed by atoms with van der Waals surface area (Å²) < 4.78 is 55.4. The van der Waals surface area contributed by atoms with E-state index in [9.17, 15) is 37.5 Å². The van der Waals surface area contributed by atoms with Crippen LogP contribution in [-0.4, -0.2) is 109 Å². The van der Waals surface area contributed by atoms with Gasteiger partial charge in [-0.15, -0.1) is 24.2 Å². The van der Waals surface area contributed by atoms with Gasteiger partial charge in [0.05, 0.1) is 5.94 Å². The van der Waals surface area contributed by atoms with Gasteiger partial charge in [0.1, 0.15) is 11.6 Å². The Labute approximate surface area is 605 Å². The number of hydrogen-bond acceptors (Lipinski definition) is 15. The molecule has 0 aromatic heterocycles. The summed E-state index contributed by atoms with van der Waals surface area (Å²) in [6.07, 6.45) is 63.4. The molecule has 0 bridgehead atoms. The molecule has 4 fully saturated rings. The number of ketones is 2. The van der Waals surface area contributed by atoms with Crippen molar-refractivity contribution < 1.29 is 61.2 Å². The smallest absolute Gasteiger partial charge is 0.333 e. The van der Waals surface area contributed by atoms with E-state index in [4.69, 9.17) is 23.7 Å². The fraction of sp³-hybridized carbons (Fsp3) is 0.481. The molecule has 2 unspecified atom stereocenters. The molecule has 4 aliphatic rings. The van der Waals surface area contributed by atoms with E-state index in [1.807, 2.05) is 9.80 Å². The third-order valence-corrected chi connectivity index (χ3v) is 18.1. The lowest BCUT2D eigenvalue weighted by Gasteiger charge is -2.34. The molecule has 2 aliphatic carbocycles. The van der Waals surface area contributed by atoms with Crippen molar-refractivity contribution in [2.24, 2.45) is 11.8 Å². The SMILES string of the molecule is C.CC/C=C\C/C=C\C/C=C\C/C=C\C/C=C\CCCC(=O)OCOC(=O)/C=C1/CN(Cc2c(F)cccc2C(=O)C2CC2)CCC1S.CC/C=C\C/C=C\C/C=C\C/C=C\C/C=C\CCCC(=O)OCOC(=O)/C=C1/CN(Cc2c(F)cccc2C(=O)C2CC2)CCC1SCOC.Cl. The van der Waals surface area contributed by atoms with E-state index in [2.05, 4.69) is 148 Å². The highest BCUT2D eigenvalue weighted by atomic mass is 35.5. The van der Waals surface area contributed by atoms with Gasteiger partial charge in [0.15, 0.2) is 11.6 Å². The molecule has 2 saturated heterocycles. The van der Waals surface area contributed by atoms with Crippen LogP contribution in [0.15, 0.2) is 181 Å². The molecule has 99 heavy (non-hydrogen) atoms. The van der Waals surface area contributed by atoms with Crippen molar-refractivity contribution in [2.45, 2.75) is 186 Å². The molecular weight excluding hydrogens is 1310 g/mol. The number of esters is 4. The Kier molecular flexibility index (Phi) is 46.5. The predicted molar refractivity (Wildman–Crippen MR) is 404 cm³/mol. The van der Waals surface area contributed by atoms with E-state index < -0.39 is 49.1 Å². The molecule has 2 aliphatic heterocycles. The van der Waals surface area contributed by atoms with Gasteiger partial charge in [-0.3, -0.25) is 29.0 Å². The van der Waals surface area contributed by atoms with E-state index in [0.29, 0.717) is 73.6 Å². The van der Waals surface area contributed by atoms with Gasteiger partial charge in [0, 0.05) is 116 Å². The van der Waals surface area contributed by atoms with Gasteiger partial charge in [-0.05, 0) is 152 Å². The number of halogens is 3. The number of unbranched alkanes of at least 4 members (excludes halogenated alkanes) is 2. The van der Waals surface area contributed by atoms with Crippen LogP contribution in [-0.2, 0) is 56.0 Å². The Bertz CT molecular complexity index is 3150. The third-order valence-electron chi connectivity index (χ3n) is 16.2. The average molecular weight is 1420 g/mol. The highest BCUT2D eigenvalue weighted by molar-refractivity contribution is 7.99. The fourth-order valence-electron chi connectivity index (χ4n) is 10.5. The van der Waals surface area contributed by atoms with Crippen LogP contribution in [0.1, 0.15) is 194 Å². The second kappa shape index (κ2) is 53.2. The zero-order valence-corrected chi connectivity index (χ0v) is 60.3. The lowest BCUT2D eigenvalue weighted by Crippen LogP contribution is -2.37. The van der Waals surface area contributed by atoms with E-state index in [1.165, 1.54) is 24.3 Å². The Hall–Kier alpha value is -6.73. The highest BCUT2D eigenvalue weighted by Gasteiger charge is 2.35. The molecule has 6 rings (SSSR count). The Morgan fingerprint density at radius 2 is 0.869 bits per heavy atom. The van der Waals surface area contributed by atoms with Crippen molar-refractivity contribution in [3.8, 4) is 0 Å². The number of ether oxygens (including phenoxy) is 5. The molecule has 0 amide bonds. The van der Waals surface area contributed by atoms with Crippen LogP contribution in [0.2, 0.25) is 0 Å². The zero-order chi connectivity index (χ0) is 69.5. The first-order chi connectivity index (χ1) is 47.3. The lowest BCUT2D eigenvalue weighted by atomic mass is 9.98. The Morgan fingerprint density at radius 3 is 1.25 bits per heavy atom. The number of likely N-dealkylation sites (tertiary alicyclic amines) is 2. The number of methoxy groups -OCH3 is 1. The quantitative estimate of drug-likeness (QED) is 0.0127. The second-order valence-electron chi connectivity index (χ2n) is 24.2. The van der Waals surface area contributed by atoms with E-state index in [-0.39, 0.29) is 79.7 Å². The number of carbonyl (C=O) groups is 6. The fourth-order valence-corrected chi connectivity index (χ4v) is 11.7.